The third-order valence-corrected chi connectivity index (χ3v) is 6.85. The predicted octanol–water partition coefficient (Wildman–Crippen LogP) is 6.99. The summed E-state index contributed by atoms with van der Waals surface area (Å²) in [4.78, 5) is 14.8. The number of piperidine rings is 1. The van der Waals surface area contributed by atoms with Crippen LogP contribution >= 0.6 is 11.6 Å². The molecular weight excluding hydrogens is 502 g/mol. The molecular formula is C31H36ClNO5. The van der Waals surface area contributed by atoms with Crippen molar-refractivity contribution < 1.29 is 23.7 Å². The van der Waals surface area contributed by atoms with Crippen LogP contribution in [0.2, 0.25) is 5.02 Å². The van der Waals surface area contributed by atoms with Crippen molar-refractivity contribution in [1.82, 2.24) is 4.90 Å². The summed E-state index contributed by atoms with van der Waals surface area (Å²) in [6, 6.07) is 25.5. The van der Waals surface area contributed by atoms with Crippen LogP contribution in [0.3, 0.4) is 0 Å². The molecule has 0 spiro atoms. The van der Waals surface area contributed by atoms with Gasteiger partial charge in [0.05, 0.1) is 26.9 Å². The molecule has 0 unspecified atom stereocenters. The second-order valence-electron chi connectivity index (χ2n) is 10.5. The lowest BCUT2D eigenvalue weighted by Crippen LogP contribution is -2.57. The molecule has 6 nitrogen and oxygen atoms in total. The third-order valence-electron chi connectivity index (χ3n) is 6.59. The molecule has 38 heavy (non-hydrogen) atoms. The highest BCUT2D eigenvalue weighted by molar-refractivity contribution is 6.30. The van der Waals surface area contributed by atoms with E-state index in [0.717, 1.165) is 22.4 Å². The second-order valence-corrected chi connectivity index (χ2v) is 10.9. The molecule has 1 fully saturated rings. The van der Waals surface area contributed by atoms with Crippen LogP contribution in [-0.2, 0) is 33.0 Å². The highest BCUT2D eigenvalue weighted by Gasteiger charge is 2.48. The number of nitrogens with zero attached hydrogens (tertiary/aromatic N) is 1. The summed E-state index contributed by atoms with van der Waals surface area (Å²) >= 11 is 6.25. The van der Waals surface area contributed by atoms with Crippen LogP contribution in [-0.4, -0.2) is 42.9 Å². The average Bonchev–Trinajstić information content (AvgIpc) is 2.91. The molecule has 0 aromatic heterocycles. The minimum Gasteiger partial charge on any atom is -0.497 e. The number of hydrogen-bond acceptors (Lipinski definition) is 5. The number of carbonyl (C=O) groups excluding carboxylic acids is 1. The van der Waals surface area contributed by atoms with Gasteiger partial charge in [0.25, 0.3) is 0 Å². The first-order valence-electron chi connectivity index (χ1n) is 12.8. The Kier molecular flexibility index (Phi) is 8.98. The molecule has 3 aromatic carbocycles. The summed E-state index contributed by atoms with van der Waals surface area (Å²) < 4.78 is 24.4. The van der Waals surface area contributed by atoms with Gasteiger partial charge in [-0.3, -0.25) is 0 Å². The summed E-state index contributed by atoms with van der Waals surface area (Å²) in [6.45, 7) is 7.14. The fraction of sp³-hybridized carbons (Fsp3) is 0.387. The molecule has 0 bridgehead atoms. The van der Waals surface area contributed by atoms with Gasteiger partial charge in [-0.25, -0.2) is 4.79 Å². The van der Waals surface area contributed by atoms with Crippen LogP contribution in [0.4, 0.5) is 4.79 Å². The summed E-state index contributed by atoms with van der Waals surface area (Å²) in [5.41, 5.74) is 1.62. The molecule has 4 rings (SSSR count). The second kappa shape index (κ2) is 12.2. The van der Waals surface area contributed by atoms with Crippen molar-refractivity contribution in [2.24, 2.45) is 0 Å². The Morgan fingerprint density at radius 3 is 2.24 bits per heavy atom. The number of hydrogen-bond donors (Lipinski definition) is 0. The molecule has 2 atom stereocenters. The smallest absolute Gasteiger partial charge is 0.410 e. The Bertz CT molecular complexity index is 1180. The number of ether oxygens (including phenoxy) is 4. The van der Waals surface area contributed by atoms with Crippen molar-refractivity contribution >= 4 is 17.7 Å². The van der Waals surface area contributed by atoms with Crippen LogP contribution in [0.1, 0.15) is 43.9 Å². The predicted molar refractivity (Wildman–Crippen MR) is 148 cm³/mol. The number of likely N-dealkylation sites (tertiary alicyclic amines) is 1. The van der Waals surface area contributed by atoms with E-state index >= 15 is 0 Å². The Morgan fingerprint density at radius 2 is 1.61 bits per heavy atom. The molecule has 1 aliphatic rings. The lowest BCUT2D eigenvalue weighted by Gasteiger charge is -2.47. The third kappa shape index (κ3) is 7.07. The zero-order valence-electron chi connectivity index (χ0n) is 22.5. The SMILES string of the molecule is COc1ccc(CO[C@@H]2CN(C(=O)OC(C)(C)C)CC[C@@]2(OCc2ccccc2)c2ccc(Cl)cc2)cc1. The van der Waals surface area contributed by atoms with E-state index in [9.17, 15) is 4.79 Å². The van der Waals surface area contributed by atoms with Crippen LogP contribution in [0.25, 0.3) is 0 Å². The molecule has 0 N–H and O–H groups in total. The van der Waals surface area contributed by atoms with E-state index < -0.39 is 17.3 Å². The minimum absolute atomic E-state index is 0.322. The zero-order chi connectivity index (χ0) is 27.2. The van der Waals surface area contributed by atoms with Gasteiger partial charge >= 0.3 is 6.09 Å². The molecule has 0 saturated carbocycles. The number of amides is 1. The van der Waals surface area contributed by atoms with E-state index in [0.29, 0.717) is 37.7 Å². The first-order valence-corrected chi connectivity index (χ1v) is 13.2. The molecule has 3 aromatic rings. The summed E-state index contributed by atoms with van der Waals surface area (Å²) in [5.74, 6) is 0.782. The van der Waals surface area contributed by atoms with Crippen molar-refractivity contribution in [2.75, 3.05) is 20.2 Å². The zero-order valence-corrected chi connectivity index (χ0v) is 23.2. The first kappa shape index (κ1) is 28.0. The lowest BCUT2D eigenvalue weighted by molar-refractivity contribution is -0.191. The maximum Gasteiger partial charge on any atom is 0.410 e. The van der Waals surface area contributed by atoms with Crippen LogP contribution in [0.5, 0.6) is 5.75 Å². The van der Waals surface area contributed by atoms with Gasteiger partial charge in [0, 0.05) is 18.0 Å². The monoisotopic (exact) mass is 537 g/mol. The quantitative estimate of drug-likeness (QED) is 0.310. The van der Waals surface area contributed by atoms with E-state index in [-0.39, 0.29) is 6.09 Å². The van der Waals surface area contributed by atoms with Gasteiger partial charge in [0.15, 0.2) is 0 Å². The topological polar surface area (TPSA) is 57.2 Å². The molecule has 0 radical (unpaired) electrons. The maximum absolute atomic E-state index is 13.1. The average molecular weight is 538 g/mol. The molecule has 7 heteroatoms. The lowest BCUT2D eigenvalue weighted by atomic mass is 9.81. The normalized spacial score (nSPS) is 19.7. The number of carbonyl (C=O) groups is 1. The molecule has 1 saturated heterocycles. The van der Waals surface area contributed by atoms with Gasteiger partial charge in [-0.15, -0.1) is 0 Å². The number of benzene rings is 3. The van der Waals surface area contributed by atoms with Gasteiger partial charge in [-0.05, 0) is 61.7 Å². The van der Waals surface area contributed by atoms with E-state index in [1.54, 1.807) is 12.0 Å². The van der Waals surface area contributed by atoms with Crippen molar-refractivity contribution in [3.05, 3.63) is 101 Å². The van der Waals surface area contributed by atoms with E-state index in [2.05, 4.69) is 0 Å². The minimum atomic E-state index is -0.800. The highest BCUT2D eigenvalue weighted by Crippen LogP contribution is 2.41. The van der Waals surface area contributed by atoms with Crippen LogP contribution < -0.4 is 4.74 Å². The van der Waals surface area contributed by atoms with E-state index in [1.807, 2.05) is 99.6 Å². The largest absolute Gasteiger partial charge is 0.497 e. The summed E-state index contributed by atoms with van der Waals surface area (Å²) in [6.07, 6.45) is -0.285. The highest BCUT2D eigenvalue weighted by atomic mass is 35.5. The van der Waals surface area contributed by atoms with E-state index in [4.69, 9.17) is 30.5 Å². The van der Waals surface area contributed by atoms with Crippen molar-refractivity contribution in [3.63, 3.8) is 0 Å². The van der Waals surface area contributed by atoms with Gasteiger partial charge in [-0.2, -0.15) is 0 Å². The Labute approximate surface area is 230 Å². The van der Waals surface area contributed by atoms with E-state index in [1.165, 1.54) is 0 Å². The van der Waals surface area contributed by atoms with Gasteiger partial charge in [0.1, 0.15) is 23.1 Å². The molecule has 202 valence electrons. The van der Waals surface area contributed by atoms with Crippen LogP contribution in [0.15, 0.2) is 78.9 Å². The Morgan fingerprint density at radius 1 is 0.947 bits per heavy atom. The number of halogens is 1. The van der Waals surface area contributed by atoms with Crippen molar-refractivity contribution in [3.8, 4) is 5.75 Å². The van der Waals surface area contributed by atoms with Crippen LogP contribution in [0, 0.1) is 0 Å². The Hall–Kier alpha value is -3.06. The fourth-order valence-corrected chi connectivity index (χ4v) is 4.72. The summed E-state index contributed by atoms with van der Waals surface area (Å²) in [5, 5.41) is 0.647. The van der Waals surface area contributed by atoms with Gasteiger partial charge < -0.3 is 23.8 Å². The molecule has 0 aliphatic carbocycles. The van der Waals surface area contributed by atoms with Crippen molar-refractivity contribution in [1.29, 1.82) is 0 Å². The number of rotatable bonds is 8. The number of methoxy groups -OCH3 is 1. The summed E-state index contributed by atoms with van der Waals surface area (Å²) in [7, 11) is 1.64. The standard InChI is InChI=1S/C31H36ClNO5/c1-30(2,3)38-29(34)33-19-18-31(25-12-14-26(32)15-13-25,37-22-23-8-6-5-7-9-23)28(20-33)36-21-24-10-16-27(35-4)17-11-24/h5-17,28H,18-22H2,1-4H3/t28-,31-/m1/s1. The maximum atomic E-state index is 13.1. The molecule has 1 amide bonds. The Balaban J connectivity index is 1.66. The molecule has 1 aliphatic heterocycles. The van der Waals surface area contributed by atoms with Gasteiger partial charge in [-0.1, -0.05) is 66.2 Å². The van der Waals surface area contributed by atoms with Crippen molar-refractivity contribution in [2.45, 2.75) is 57.7 Å². The molecule has 1 heterocycles. The fourth-order valence-electron chi connectivity index (χ4n) is 4.60. The van der Waals surface area contributed by atoms with Gasteiger partial charge in [0.2, 0.25) is 0 Å². The first-order chi connectivity index (χ1) is 18.2.